The molecule has 19 heavy (non-hydrogen) atoms. The van der Waals surface area contributed by atoms with Gasteiger partial charge in [0, 0.05) is 22.7 Å². The molecule has 0 aliphatic carbocycles. The van der Waals surface area contributed by atoms with Gasteiger partial charge in [0.2, 0.25) is 5.91 Å². The Kier molecular flexibility index (Phi) is 4.31. The van der Waals surface area contributed by atoms with Crippen molar-refractivity contribution in [3.05, 3.63) is 27.7 Å². The Labute approximate surface area is 123 Å². The van der Waals surface area contributed by atoms with Gasteiger partial charge in [-0.2, -0.15) is 0 Å². The van der Waals surface area contributed by atoms with Gasteiger partial charge in [0.1, 0.15) is 0 Å². The summed E-state index contributed by atoms with van der Waals surface area (Å²) in [5, 5.41) is 3.34. The van der Waals surface area contributed by atoms with E-state index in [9.17, 15) is 4.79 Å². The number of hydrogen-bond acceptors (Lipinski definition) is 2. The topological polar surface area (TPSA) is 32.3 Å². The zero-order valence-corrected chi connectivity index (χ0v) is 13.5. The Balaban J connectivity index is 2.27. The molecule has 1 aromatic rings. The van der Waals surface area contributed by atoms with Crippen molar-refractivity contribution in [3.8, 4) is 0 Å². The molecule has 1 saturated heterocycles. The summed E-state index contributed by atoms with van der Waals surface area (Å²) in [5.74, 6) is 0.197. The first kappa shape index (κ1) is 14.5. The van der Waals surface area contributed by atoms with E-state index in [0.717, 1.165) is 34.3 Å². The molecule has 4 heteroatoms. The van der Waals surface area contributed by atoms with Crippen LogP contribution in [0.2, 0.25) is 0 Å². The van der Waals surface area contributed by atoms with Crippen LogP contribution < -0.4 is 10.2 Å². The van der Waals surface area contributed by atoms with Crippen LogP contribution in [0.4, 0.5) is 5.69 Å². The third-order valence-electron chi connectivity index (χ3n) is 3.47. The monoisotopic (exact) mass is 324 g/mol. The zero-order chi connectivity index (χ0) is 14.2. The Hall–Kier alpha value is -0.870. The van der Waals surface area contributed by atoms with Crippen molar-refractivity contribution < 1.29 is 4.79 Å². The molecule has 104 valence electrons. The van der Waals surface area contributed by atoms with E-state index < -0.39 is 0 Å². The van der Waals surface area contributed by atoms with Gasteiger partial charge in [0.15, 0.2) is 0 Å². The summed E-state index contributed by atoms with van der Waals surface area (Å²) in [6.45, 7) is 9.07. The maximum atomic E-state index is 12.5. The summed E-state index contributed by atoms with van der Waals surface area (Å²) in [6, 6.07) is 4.43. The van der Waals surface area contributed by atoms with Crippen LogP contribution in [0.1, 0.15) is 31.4 Å². The van der Waals surface area contributed by atoms with E-state index in [4.69, 9.17) is 0 Å². The molecule has 1 fully saturated rings. The fraction of sp³-hybridized carbons (Fsp3) is 0.533. The maximum Gasteiger partial charge on any atom is 0.244 e. The van der Waals surface area contributed by atoms with E-state index in [2.05, 4.69) is 61.1 Å². The molecule has 0 saturated carbocycles. The minimum absolute atomic E-state index is 0.0394. The molecule has 1 unspecified atom stereocenters. The fourth-order valence-corrected chi connectivity index (χ4v) is 3.47. The number of aryl methyl sites for hydroxylation is 2. The summed E-state index contributed by atoms with van der Waals surface area (Å²) in [4.78, 5) is 14.4. The highest BCUT2D eigenvalue weighted by atomic mass is 79.9. The minimum Gasteiger partial charge on any atom is -0.310 e. The van der Waals surface area contributed by atoms with Crippen LogP contribution >= 0.6 is 15.9 Å². The van der Waals surface area contributed by atoms with Gasteiger partial charge in [-0.25, -0.2) is 0 Å². The van der Waals surface area contributed by atoms with Crippen LogP contribution in [0.3, 0.4) is 0 Å². The van der Waals surface area contributed by atoms with Gasteiger partial charge in [-0.1, -0.05) is 29.8 Å². The largest absolute Gasteiger partial charge is 0.310 e. The minimum atomic E-state index is -0.0394. The second-order valence-corrected chi connectivity index (χ2v) is 6.46. The van der Waals surface area contributed by atoms with E-state index in [-0.39, 0.29) is 11.9 Å². The number of nitrogens with zero attached hydrogens (tertiary/aromatic N) is 1. The number of nitrogens with one attached hydrogen (secondary N) is 1. The Morgan fingerprint density at radius 2 is 1.89 bits per heavy atom. The van der Waals surface area contributed by atoms with Crippen molar-refractivity contribution >= 4 is 27.5 Å². The molecule has 0 bridgehead atoms. The second-order valence-electron chi connectivity index (χ2n) is 5.54. The highest BCUT2D eigenvalue weighted by Gasteiger charge is 2.33. The molecule has 1 aromatic carbocycles. The van der Waals surface area contributed by atoms with Crippen molar-refractivity contribution in [2.75, 3.05) is 11.4 Å². The van der Waals surface area contributed by atoms with Gasteiger partial charge in [0.25, 0.3) is 0 Å². The van der Waals surface area contributed by atoms with E-state index in [0.29, 0.717) is 6.04 Å². The van der Waals surface area contributed by atoms with Crippen molar-refractivity contribution in [1.29, 1.82) is 0 Å². The lowest BCUT2D eigenvalue weighted by atomic mass is 10.1. The second kappa shape index (κ2) is 5.63. The SMILES string of the molecule is Cc1cc(Br)cc(C)c1N1CCC(NC(C)C)C1=O. The summed E-state index contributed by atoms with van der Waals surface area (Å²) in [5.41, 5.74) is 3.36. The highest BCUT2D eigenvalue weighted by molar-refractivity contribution is 9.10. The maximum absolute atomic E-state index is 12.5. The van der Waals surface area contributed by atoms with E-state index in [1.807, 2.05) is 4.90 Å². The molecule has 2 rings (SSSR count). The lowest BCUT2D eigenvalue weighted by Gasteiger charge is -2.22. The van der Waals surface area contributed by atoms with Gasteiger partial charge >= 0.3 is 0 Å². The van der Waals surface area contributed by atoms with E-state index in [1.54, 1.807) is 0 Å². The van der Waals surface area contributed by atoms with Crippen LogP contribution in [-0.2, 0) is 4.79 Å². The molecule has 1 aliphatic rings. The number of anilines is 1. The average molecular weight is 325 g/mol. The van der Waals surface area contributed by atoms with Crippen molar-refractivity contribution in [2.45, 2.75) is 46.2 Å². The zero-order valence-electron chi connectivity index (χ0n) is 12.0. The number of amides is 1. The van der Waals surface area contributed by atoms with Crippen molar-refractivity contribution in [1.82, 2.24) is 5.32 Å². The number of halogens is 1. The van der Waals surface area contributed by atoms with E-state index in [1.165, 1.54) is 0 Å². The van der Waals surface area contributed by atoms with Gasteiger partial charge in [-0.15, -0.1) is 0 Å². The molecule has 0 radical (unpaired) electrons. The normalized spacial score (nSPS) is 19.6. The first-order chi connectivity index (χ1) is 8.90. The van der Waals surface area contributed by atoms with Gasteiger partial charge in [-0.3, -0.25) is 4.79 Å². The molecule has 3 nitrogen and oxygen atoms in total. The van der Waals surface area contributed by atoms with Crippen LogP contribution in [-0.4, -0.2) is 24.5 Å². The average Bonchev–Trinajstić information content (AvgIpc) is 2.60. The molecular formula is C15H21BrN2O. The lowest BCUT2D eigenvalue weighted by molar-refractivity contribution is -0.119. The van der Waals surface area contributed by atoms with Crippen LogP contribution in [0, 0.1) is 13.8 Å². The molecular weight excluding hydrogens is 304 g/mol. The first-order valence-electron chi connectivity index (χ1n) is 6.74. The standard InChI is InChI=1S/C15H21BrN2O/c1-9(2)17-13-5-6-18(15(13)19)14-10(3)7-12(16)8-11(14)4/h7-9,13,17H,5-6H2,1-4H3. The lowest BCUT2D eigenvalue weighted by Crippen LogP contribution is -2.41. The molecule has 1 atom stereocenters. The van der Waals surface area contributed by atoms with Gasteiger partial charge in [-0.05, 0) is 43.5 Å². The van der Waals surface area contributed by atoms with Gasteiger partial charge < -0.3 is 10.2 Å². The first-order valence-corrected chi connectivity index (χ1v) is 7.53. The summed E-state index contributed by atoms with van der Waals surface area (Å²) < 4.78 is 1.06. The number of carbonyl (C=O) groups is 1. The molecule has 1 amide bonds. The van der Waals surface area contributed by atoms with E-state index >= 15 is 0 Å². The third kappa shape index (κ3) is 3.00. The summed E-state index contributed by atoms with van der Waals surface area (Å²) >= 11 is 3.50. The van der Waals surface area contributed by atoms with Gasteiger partial charge in [0.05, 0.1) is 6.04 Å². The molecule has 0 aromatic heterocycles. The molecule has 1 aliphatic heterocycles. The fourth-order valence-electron chi connectivity index (χ4n) is 2.79. The third-order valence-corrected chi connectivity index (χ3v) is 3.92. The van der Waals surface area contributed by atoms with Crippen LogP contribution in [0.5, 0.6) is 0 Å². The number of rotatable bonds is 3. The smallest absolute Gasteiger partial charge is 0.244 e. The summed E-state index contributed by atoms with van der Waals surface area (Å²) in [7, 11) is 0. The van der Waals surface area contributed by atoms with Crippen LogP contribution in [0.15, 0.2) is 16.6 Å². The predicted octanol–water partition coefficient (Wildman–Crippen LogP) is 3.17. The van der Waals surface area contributed by atoms with Crippen molar-refractivity contribution in [2.24, 2.45) is 0 Å². The quantitative estimate of drug-likeness (QED) is 0.926. The molecule has 0 spiro atoms. The Bertz CT molecular complexity index is 476. The predicted molar refractivity (Wildman–Crippen MR) is 82.6 cm³/mol. The molecule has 1 heterocycles. The number of benzene rings is 1. The number of hydrogen-bond donors (Lipinski definition) is 1. The Morgan fingerprint density at radius 3 is 2.42 bits per heavy atom. The van der Waals surface area contributed by atoms with Crippen molar-refractivity contribution in [3.63, 3.8) is 0 Å². The Morgan fingerprint density at radius 1 is 1.32 bits per heavy atom. The van der Waals surface area contributed by atoms with Crippen LogP contribution in [0.25, 0.3) is 0 Å². The highest BCUT2D eigenvalue weighted by Crippen LogP contribution is 2.31. The molecule has 1 N–H and O–H groups in total. The number of carbonyl (C=O) groups excluding carboxylic acids is 1. The summed E-state index contributed by atoms with van der Waals surface area (Å²) in [6.07, 6.45) is 0.881.